The van der Waals surface area contributed by atoms with E-state index in [1.807, 2.05) is 43.5 Å². The number of rotatable bonds is 11. The molecule has 4 atom stereocenters. The van der Waals surface area contributed by atoms with Gasteiger partial charge in [0, 0.05) is 30.7 Å². The summed E-state index contributed by atoms with van der Waals surface area (Å²) in [5.74, 6) is -0.0930. The van der Waals surface area contributed by atoms with Crippen LogP contribution in [0.3, 0.4) is 0 Å². The van der Waals surface area contributed by atoms with E-state index in [9.17, 15) is 9.59 Å². The number of hydrogen-bond donors (Lipinski definition) is 1. The number of hydrogen-bond acceptors (Lipinski definition) is 4. The number of fused-ring (bicyclic) bond motifs is 2. The third kappa shape index (κ3) is 5.66. The van der Waals surface area contributed by atoms with Gasteiger partial charge in [-0.25, -0.2) is 5.01 Å². The first kappa shape index (κ1) is 21.5. The molecular formula is C23H32N2O4. The molecule has 0 spiro atoms. The van der Waals surface area contributed by atoms with E-state index in [1.54, 1.807) is 0 Å². The van der Waals surface area contributed by atoms with Gasteiger partial charge in [-0.1, -0.05) is 37.5 Å². The highest BCUT2D eigenvalue weighted by Gasteiger charge is 2.47. The number of carbonyl (C=O) groups is 2. The third-order valence-corrected chi connectivity index (χ3v) is 6.10. The molecule has 2 fully saturated rings. The highest BCUT2D eigenvalue weighted by molar-refractivity contribution is 5.94. The quantitative estimate of drug-likeness (QED) is 0.340. The minimum absolute atomic E-state index is 0.0802. The van der Waals surface area contributed by atoms with Crippen molar-refractivity contribution in [3.63, 3.8) is 0 Å². The molecule has 6 nitrogen and oxygen atoms in total. The van der Waals surface area contributed by atoms with E-state index in [-0.39, 0.29) is 24.3 Å². The van der Waals surface area contributed by atoms with Crippen molar-refractivity contribution in [2.75, 3.05) is 6.54 Å². The van der Waals surface area contributed by atoms with Gasteiger partial charge < -0.3 is 9.84 Å². The Bertz CT molecular complexity index is 706. The predicted molar refractivity (Wildman–Crippen MR) is 112 cm³/mol. The summed E-state index contributed by atoms with van der Waals surface area (Å²) in [6.45, 7) is 2.46. The second-order valence-electron chi connectivity index (χ2n) is 8.03. The Morgan fingerprint density at radius 3 is 2.59 bits per heavy atom. The van der Waals surface area contributed by atoms with Gasteiger partial charge in [0.05, 0.1) is 12.2 Å². The number of carbonyl (C=O) groups excluding carboxylic acids is 1. The first-order chi connectivity index (χ1) is 14.1. The SMILES string of the molecule is CCN(N=C[C@@H]1[C@@H](CCCCCCC(=O)O)[C@@H]2CC[C@H]1O2)C(=O)c1ccccc1. The monoisotopic (exact) mass is 400 g/mol. The van der Waals surface area contributed by atoms with E-state index in [0.717, 1.165) is 44.9 Å². The number of unbranched alkanes of at least 4 members (excludes halogenated alkanes) is 3. The van der Waals surface area contributed by atoms with Gasteiger partial charge in [-0.3, -0.25) is 9.59 Å². The Labute approximate surface area is 172 Å². The average molecular weight is 401 g/mol. The highest BCUT2D eigenvalue weighted by Crippen LogP contribution is 2.45. The summed E-state index contributed by atoms with van der Waals surface area (Å²) in [5.41, 5.74) is 0.647. The number of benzene rings is 1. The second-order valence-corrected chi connectivity index (χ2v) is 8.03. The van der Waals surface area contributed by atoms with Crippen LogP contribution in [-0.4, -0.2) is 47.0 Å². The summed E-state index contributed by atoms with van der Waals surface area (Å²) in [4.78, 5) is 23.3. The molecule has 1 N–H and O–H groups in total. The normalized spacial score (nSPS) is 25.6. The highest BCUT2D eigenvalue weighted by atomic mass is 16.5. The van der Waals surface area contributed by atoms with E-state index in [0.29, 0.717) is 24.1 Å². The Morgan fingerprint density at radius 2 is 1.86 bits per heavy atom. The van der Waals surface area contributed by atoms with Gasteiger partial charge in [-0.2, -0.15) is 5.10 Å². The van der Waals surface area contributed by atoms with Crippen LogP contribution in [0.15, 0.2) is 35.4 Å². The van der Waals surface area contributed by atoms with Crippen molar-refractivity contribution in [1.82, 2.24) is 5.01 Å². The molecule has 158 valence electrons. The van der Waals surface area contributed by atoms with Gasteiger partial charge in [-0.05, 0) is 50.7 Å². The first-order valence-electron chi connectivity index (χ1n) is 10.9. The van der Waals surface area contributed by atoms with E-state index in [4.69, 9.17) is 9.84 Å². The van der Waals surface area contributed by atoms with Gasteiger partial charge in [0.15, 0.2) is 0 Å². The Hall–Kier alpha value is -2.21. The predicted octanol–water partition coefficient (Wildman–Crippen LogP) is 4.35. The molecule has 29 heavy (non-hydrogen) atoms. The van der Waals surface area contributed by atoms with Crippen LogP contribution in [0, 0.1) is 11.8 Å². The largest absolute Gasteiger partial charge is 0.481 e. The van der Waals surface area contributed by atoms with Crippen molar-refractivity contribution in [1.29, 1.82) is 0 Å². The number of carboxylic acids is 1. The summed E-state index contributed by atoms with van der Waals surface area (Å²) < 4.78 is 6.15. The molecule has 1 aromatic carbocycles. The van der Waals surface area contributed by atoms with E-state index in [2.05, 4.69) is 5.10 Å². The molecule has 0 saturated carbocycles. The van der Waals surface area contributed by atoms with E-state index in [1.165, 1.54) is 5.01 Å². The van der Waals surface area contributed by atoms with Crippen molar-refractivity contribution in [3.8, 4) is 0 Å². The average Bonchev–Trinajstić information content (AvgIpc) is 3.33. The standard InChI is InChI=1S/C23H32N2O4/c1-2-25(23(28)17-10-6-5-7-11-17)24-16-19-18(20-14-15-21(19)29-20)12-8-3-4-9-13-22(26)27/h5-7,10-11,16,18-21H,2-4,8-9,12-15H2,1H3,(H,26,27)/t18-,19-,20+,21-/m1/s1. The number of carboxylic acid groups (broad SMARTS) is 1. The molecule has 0 aromatic heterocycles. The van der Waals surface area contributed by atoms with Crippen molar-refractivity contribution in [3.05, 3.63) is 35.9 Å². The summed E-state index contributed by atoms with van der Waals surface area (Å²) in [6, 6.07) is 9.25. The van der Waals surface area contributed by atoms with Gasteiger partial charge in [0.1, 0.15) is 0 Å². The van der Waals surface area contributed by atoms with Crippen LogP contribution < -0.4 is 0 Å². The molecule has 6 heteroatoms. The minimum atomic E-state index is -0.715. The molecule has 0 radical (unpaired) electrons. The zero-order valence-corrected chi connectivity index (χ0v) is 17.2. The molecule has 1 amide bonds. The lowest BCUT2D eigenvalue weighted by Gasteiger charge is -2.26. The molecule has 2 bridgehead atoms. The molecule has 0 aliphatic carbocycles. The zero-order valence-electron chi connectivity index (χ0n) is 17.2. The van der Waals surface area contributed by atoms with Crippen LogP contribution in [0.25, 0.3) is 0 Å². The molecule has 3 rings (SSSR count). The minimum Gasteiger partial charge on any atom is -0.481 e. The van der Waals surface area contributed by atoms with Crippen LogP contribution in [0.5, 0.6) is 0 Å². The maximum absolute atomic E-state index is 12.7. The lowest BCUT2D eigenvalue weighted by molar-refractivity contribution is -0.137. The van der Waals surface area contributed by atoms with Gasteiger partial charge >= 0.3 is 5.97 Å². The molecule has 2 aliphatic rings. The molecule has 2 heterocycles. The fraction of sp³-hybridized carbons (Fsp3) is 0.609. The second kappa shape index (κ2) is 10.5. The van der Waals surface area contributed by atoms with Crippen molar-refractivity contribution in [2.45, 2.75) is 70.5 Å². The zero-order chi connectivity index (χ0) is 20.6. The third-order valence-electron chi connectivity index (χ3n) is 6.10. The molecule has 1 aromatic rings. The first-order valence-corrected chi connectivity index (χ1v) is 10.9. The molecule has 0 unspecified atom stereocenters. The maximum Gasteiger partial charge on any atom is 0.303 e. The van der Waals surface area contributed by atoms with Gasteiger partial charge in [-0.15, -0.1) is 0 Å². The van der Waals surface area contributed by atoms with Crippen molar-refractivity contribution < 1.29 is 19.4 Å². The van der Waals surface area contributed by atoms with E-state index < -0.39 is 5.97 Å². The fourth-order valence-electron chi connectivity index (χ4n) is 4.57. The van der Waals surface area contributed by atoms with E-state index >= 15 is 0 Å². The topological polar surface area (TPSA) is 79.2 Å². The number of nitrogens with zero attached hydrogens (tertiary/aromatic N) is 2. The number of ether oxygens (including phenoxy) is 1. The number of hydrazone groups is 1. The smallest absolute Gasteiger partial charge is 0.303 e. The van der Waals surface area contributed by atoms with Crippen molar-refractivity contribution in [2.24, 2.45) is 16.9 Å². The Morgan fingerprint density at radius 1 is 1.14 bits per heavy atom. The van der Waals surface area contributed by atoms with Gasteiger partial charge in [0.25, 0.3) is 5.91 Å². The van der Waals surface area contributed by atoms with Crippen LogP contribution in [-0.2, 0) is 9.53 Å². The summed E-state index contributed by atoms with van der Waals surface area (Å²) in [5, 5.41) is 14.8. The maximum atomic E-state index is 12.7. The van der Waals surface area contributed by atoms with Crippen LogP contribution in [0.2, 0.25) is 0 Å². The summed E-state index contributed by atoms with van der Waals surface area (Å²) in [7, 11) is 0. The Balaban J connectivity index is 1.54. The molecular weight excluding hydrogens is 368 g/mol. The lowest BCUT2D eigenvalue weighted by atomic mass is 9.77. The number of amides is 1. The van der Waals surface area contributed by atoms with Crippen molar-refractivity contribution >= 4 is 18.1 Å². The molecule has 2 aliphatic heterocycles. The molecule has 2 saturated heterocycles. The lowest BCUT2D eigenvalue weighted by Crippen LogP contribution is -2.31. The van der Waals surface area contributed by atoms with Crippen LogP contribution >= 0.6 is 0 Å². The van der Waals surface area contributed by atoms with Gasteiger partial charge in [0.2, 0.25) is 0 Å². The van der Waals surface area contributed by atoms with Crippen LogP contribution in [0.4, 0.5) is 0 Å². The summed E-state index contributed by atoms with van der Waals surface area (Å²) in [6.07, 6.45) is 9.82. The Kier molecular flexibility index (Phi) is 7.81. The van der Waals surface area contributed by atoms with Crippen LogP contribution in [0.1, 0.15) is 68.6 Å². The summed E-state index contributed by atoms with van der Waals surface area (Å²) >= 11 is 0. The fourth-order valence-corrected chi connectivity index (χ4v) is 4.57. The number of aliphatic carboxylic acids is 1.